The number of aryl methyl sites for hydroxylation is 3. The van der Waals surface area contributed by atoms with Crippen molar-refractivity contribution in [3.8, 4) is 0 Å². The number of hydrogen-bond donors (Lipinski definition) is 2. The maximum atomic E-state index is 11.3. The van der Waals surface area contributed by atoms with Crippen molar-refractivity contribution in [2.75, 3.05) is 0 Å². The minimum atomic E-state index is -1.04. The minimum Gasteiger partial charge on any atom is -0.387 e. The largest absolute Gasteiger partial charge is 0.387 e. The molecule has 0 amide bonds. The highest BCUT2D eigenvalue weighted by Crippen LogP contribution is 2.38. The Kier molecular flexibility index (Phi) is 7.29. The van der Waals surface area contributed by atoms with Gasteiger partial charge in [0.2, 0.25) is 0 Å². The Morgan fingerprint density at radius 1 is 0.870 bits per heavy atom. The molecule has 0 aromatic heterocycles. The molecule has 1 aromatic rings. The van der Waals surface area contributed by atoms with E-state index < -0.39 is 11.7 Å². The maximum Gasteiger partial charge on any atom is 0.108 e. The molecule has 2 nitrogen and oxygen atoms in total. The van der Waals surface area contributed by atoms with Crippen LogP contribution in [0.3, 0.4) is 0 Å². The fraction of sp³-hybridized carbons (Fsp3) is 0.714. The number of hydrogen-bond acceptors (Lipinski definition) is 2. The van der Waals surface area contributed by atoms with E-state index in [4.69, 9.17) is 0 Å². The van der Waals surface area contributed by atoms with Crippen LogP contribution in [0, 0.1) is 32.6 Å². The first kappa shape index (κ1) is 20.2. The van der Waals surface area contributed by atoms with Crippen LogP contribution in [0.25, 0.3) is 0 Å². The summed E-state index contributed by atoms with van der Waals surface area (Å²) in [6.07, 6.45) is 2.32. The van der Waals surface area contributed by atoms with E-state index in [1.807, 2.05) is 13.8 Å². The number of benzene rings is 1. The molecule has 0 aliphatic heterocycles. The van der Waals surface area contributed by atoms with Crippen molar-refractivity contribution < 1.29 is 10.2 Å². The lowest BCUT2D eigenvalue weighted by Crippen LogP contribution is -2.38. The predicted octanol–water partition coefficient (Wildman–Crippen LogP) is 5.25. The molecule has 23 heavy (non-hydrogen) atoms. The van der Waals surface area contributed by atoms with E-state index in [1.165, 1.54) is 5.56 Å². The highest BCUT2D eigenvalue weighted by molar-refractivity contribution is 5.40. The second kappa shape index (κ2) is 8.30. The third-order valence-corrected chi connectivity index (χ3v) is 4.83. The maximum absolute atomic E-state index is 11.3. The van der Waals surface area contributed by atoms with Crippen LogP contribution in [-0.4, -0.2) is 15.8 Å². The van der Waals surface area contributed by atoms with Gasteiger partial charge in [-0.05, 0) is 75.0 Å². The van der Waals surface area contributed by atoms with Gasteiger partial charge in [0.05, 0.1) is 5.60 Å². The van der Waals surface area contributed by atoms with Gasteiger partial charge in [-0.1, -0.05) is 45.4 Å². The molecule has 0 aliphatic carbocycles. The van der Waals surface area contributed by atoms with Gasteiger partial charge in [-0.15, -0.1) is 0 Å². The van der Waals surface area contributed by atoms with E-state index in [2.05, 4.69) is 46.8 Å². The smallest absolute Gasteiger partial charge is 0.108 e. The summed E-state index contributed by atoms with van der Waals surface area (Å²) in [7, 11) is 0. The Bertz CT molecular complexity index is 468. The molecule has 0 heterocycles. The average Bonchev–Trinajstić information content (AvgIpc) is 2.41. The third kappa shape index (κ3) is 5.61. The van der Waals surface area contributed by atoms with E-state index in [-0.39, 0.29) is 0 Å². The van der Waals surface area contributed by atoms with Crippen molar-refractivity contribution >= 4 is 0 Å². The number of aliphatic hydroxyl groups excluding tert-OH is 1. The first-order chi connectivity index (χ1) is 10.6. The number of aliphatic hydroxyl groups is 2. The summed E-state index contributed by atoms with van der Waals surface area (Å²) in [5.74, 6) is 1.04. The number of rotatable bonds is 8. The Hall–Kier alpha value is -0.860. The van der Waals surface area contributed by atoms with Crippen LogP contribution in [0.1, 0.15) is 81.7 Å². The fourth-order valence-corrected chi connectivity index (χ4v) is 3.37. The standard InChI is InChI=1S/C21H36O2/c1-14(2)8-10-21(23,11-9-15(3)4)20(22)19-17(6)12-16(5)13-18(19)7/h12-15,20,22-23H,8-11H2,1-7H3/t20-/m0/s1. The molecule has 0 bridgehead atoms. The van der Waals surface area contributed by atoms with Crippen molar-refractivity contribution in [2.24, 2.45) is 11.8 Å². The van der Waals surface area contributed by atoms with Crippen molar-refractivity contribution in [2.45, 2.75) is 85.9 Å². The first-order valence-corrected chi connectivity index (χ1v) is 9.05. The Balaban J connectivity index is 3.14. The summed E-state index contributed by atoms with van der Waals surface area (Å²) in [5.41, 5.74) is 3.21. The third-order valence-electron chi connectivity index (χ3n) is 4.83. The fourth-order valence-electron chi connectivity index (χ4n) is 3.37. The average molecular weight is 321 g/mol. The van der Waals surface area contributed by atoms with Crippen molar-refractivity contribution in [3.63, 3.8) is 0 Å². The van der Waals surface area contributed by atoms with Gasteiger partial charge >= 0.3 is 0 Å². The second-order valence-corrected chi connectivity index (χ2v) is 8.18. The van der Waals surface area contributed by atoms with Crippen LogP contribution < -0.4 is 0 Å². The lowest BCUT2D eigenvalue weighted by molar-refractivity contribution is -0.0937. The Morgan fingerprint density at radius 2 is 1.26 bits per heavy atom. The monoisotopic (exact) mass is 320 g/mol. The van der Waals surface area contributed by atoms with Gasteiger partial charge in [0.15, 0.2) is 0 Å². The van der Waals surface area contributed by atoms with Gasteiger partial charge in [-0.25, -0.2) is 0 Å². The van der Waals surface area contributed by atoms with Gasteiger partial charge in [0.25, 0.3) is 0 Å². The van der Waals surface area contributed by atoms with E-state index in [9.17, 15) is 10.2 Å². The molecule has 0 radical (unpaired) electrons. The van der Waals surface area contributed by atoms with E-state index in [1.54, 1.807) is 0 Å². The Labute approximate surface area is 142 Å². The highest BCUT2D eigenvalue weighted by Gasteiger charge is 2.37. The van der Waals surface area contributed by atoms with Crippen LogP contribution in [0.2, 0.25) is 0 Å². The van der Waals surface area contributed by atoms with Crippen LogP contribution in [-0.2, 0) is 0 Å². The van der Waals surface area contributed by atoms with Crippen LogP contribution >= 0.6 is 0 Å². The molecule has 132 valence electrons. The molecule has 2 N–H and O–H groups in total. The first-order valence-electron chi connectivity index (χ1n) is 9.05. The summed E-state index contributed by atoms with van der Waals surface area (Å²) in [6.45, 7) is 14.8. The molecule has 0 fully saturated rings. The molecule has 0 saturated heterocycles. The molecular formula is C21H36O2. The molecule has 1 aromatic carbocycles. The molecule has 0 spiro atoms. The van der Waals surface area contributed by atoms with Gasteiger partial charge in [-0.2, -0.15) is 0 Å². The van der Waals surface area contributed by atoms with Crippen LogP contribution in [0.5, 0.6) is 0 Å². The van der Waals surface area contributed by atoms with Gasteiger partial charge in [-0.3, -0.25) is 0 Å². The minimum absolute atomic E-state index is 0.521. The zero-order valence-electron chi connectivity index (χ0n) is 16.1. The molecule has 0 aliphatic rings. The van der Waals surface area contributed by atoms with E-state index in [0.29, 0.717) is 24.7 Å². The van der Waals surface area contributed by atoms with Crippen molar-refractivity contribution in [1.82, 2.24) is 0 Å². The van der Waals surface area contributed by atoms with Gasteiger partial charge in [0.1, 0.15) is 6.10 Å². The summed E-state index contributed by atoms with van der Waals surface area (Å²) < 4.78 is 0. The quantitative estimate of drug-likeness (QED) is 0.687. The summed E-state index contributed by atoms with van der Waals surface area (Å²) in [4.78, 5) is 0. The molecule has 2 heteroatoms. The summed E-state index contributed by atoms with van der Waals surface area (Å²) in [6, 6.07) is 4.19. The predicted molar refractivity (Wildman–Crippen MR) is 98.7 cm³/mol. The van der Waals surface area contributed by atoms with Crippen molar-refractivity contribution in [3.05, 3.63) is 34.4 Å². The van der Waals surface area contributed by atoms with E-state index >= 15 is 0 Å². The lowest BCUT2D eigenvalue weighted by Gasteiger charge is -2.36. The molecule has 0 unspecified atom stereocenters. The highest BCUT2D eigenvalue weighted by atomic mass is 16.3. The van der Waals surface area contributed by atoms with Gasteiger partial charge in [0, 0.05) is 0 Å². The zero-order valence-corrected chi connectivity index (χ0v) is 16.1. The summed E-state index contributed by atoms with van der Waals surface area (Å²) >= 11 is 0. The Morgan fingerprint density at radius 3 is 1.61 bits per heavy atom. The normalized spacial score (nSPS) is 13.9. The molecule has 1 rings (SSSR count). The molecular weight excluding hydrogens is 284 g/mol. The molecule has 0 saturated carbocycles. The van der Waals surface area contributed by atoms with Gasteiger partial charge < -0.3 is 10.2 Å². The second-order valence-electron chi connectivity index (χ2n) is 8.18. The lowest BCUT2D eigenvalue weighted by atomic mass is 9.78. The zero-order chi connectivity index (χ0) is 17.8. The van der Waals surface area contributed by atoms with E-state index in [0.717, 1.165) is 29.5 Å². The van der Waals surface area contributed by atoms with Crippen LogP contribution in [0.15, 0.2) is 12.1 Å². The van der Waals surface area contributed by atoms with Crippen molar-refractivity contribution in [1.29, 1.82) is 0 Å². The topological polar surface area (TPSA) is 40.5 Å². The SMILES string of the molecule is Cc1cc(C)c([C@H](O)C(O)(CCC(C)C)CCC(C)C)c(C)c1. The molecule has 1 atom stereocenters. The van der Waals surface area contributed by atoms with Crippen LogP contribution in [0.4, 0.5) is 0 Å². The summed E-state index contributed by atoms with van der Waals surface area (Å²) in [5, 5.41) is 22.4.